The summed E-state index contributed by atoms with van der Waals surface area (Å²) in [4.78, 5) is 4.35. The molecule has 1 N–H and O–H groups in total. The molecule has 0 bridgehead atoms. The number of rotatable bonds is 4. The van der Waals surface area contributed by atoms with Gasteiger partial charge in [0.2, 0.25) is 0 Å². The van der Waals surface area contributed by atoms with Gasteiger partial charge in [-0.2, -0.15) is 0 Å². The summed E-state index contributed by atoms with van der Waals surface area (Å²) < 4.78 is 32.1. The Morgan fingerprint density at radius 3 is 2.82 bits per heavy atom. The highest BCUT2D eigenvalue weighted by Gasteiger charge is 2.29. The molecule has 3 rings (SSSR count). The monoisotopic (exact) mass is 304 g/mol. The molecule has 0 aliphatic carbocycles. The molecule has 0 saturated carbocycles. The first-order valence-electron chi connectivity index (χ1n) is 7.35. The Morgan fingerprint density at radius 2 is 2.09 bits per heavy atom. The number of halogens is 2. The summed E-state index contributed by atoms with van der Waals surface area (Å²) in [7, 11) is 0. The van der Waals surface area contributed by atoms with Crippen molar-refractivity contribution in [3.63, 3.8) is 0 Å². The maximum atomic E-state index is 13.4. The zero-order valence-electron chi connectivity index (χ0n) is 12.4. The standard InChI is InChI=1S/C17H18F2N2O/c1-11-2-4-13(20-9-11)10-21-16-6-7-22-17(16)12-3-5-14(18)15(19)8-12/h2-5,8-9,16-17,21H,6-7,10H2,1H3/t16-,17+/m1/s1. The average Bonchev–Trinajstić information content (AvgIpc) is 2.98. The van der Waals surface area contributed by atoms with E-state index >= 15 is 0 Å². The van der Waals surface area contributed by atoms with Gasteiger partial charge >= 0.3 is 0 Å². The summed E-state index contributed by atoms with van der Waals surface area (Å²) in [5.41, 5.74) is 2.72. The fourth-order valence-electron chi connectivity index (χ4n) is 2.66. The molecular formula is C17H18F2N2O. The predicted molar refractivity (Wildman–Crippen MR) is 79.3 cm³/mol. The topological polar surface area (TPSA) is 34.1 Å². The Hall–Kier alpha value is -1.85. The maximum Gasteiger partial charge on any atom is 0.159 e. The van der Waals surface area contributed by atoms with E-state index in [4.69, 9.17) is 4.74 Å². The fraction of sp³-hybridized carbons (Fsp3) is 0.353. The van der Waals surface area contributed by atoms with Crippen LogP contribution in [0.3, 0.4) is 0 Å². The summed E-state index contributed by atoms with van der Waals surface area (Å²) in [6, 6.07) is 7.99. The summed E-state index contributed by atoms with van der Waals surface area (Å²) in [6.07, 6.45) is 2.39. The van der Waals surface area contributed by atoms with Gasteiger partial charge in [-0.05, 0) is 42.7 Å². The van der Waals surface area contributed by atoms with Crippen LogP contribution in [0.4, 0.5) is 8.78 Å². The Labute approximate surface area is 128 Å². The zero-order chi connectivity index (χ0) is 15.5. The van der Waals surface area contributed by atoms with E-state index in [1.54, 1.807) is 6.07 Å². The van der Waals surface area contributed by atoms with Gasteiger partial charge < -0.3 is 10.1 Å². The van der Waals surface area contributed by atoms with Crippen molar-refractivity contribution in [3.05, 3.63) is 65.0 Å². The van der Waals surface area contributed by atoms with E-state index in [9.17, 15) is 8.78 Å². The lowest BCUT2D eigenvalue weighted by molar-refractivity contribution is 0.0980. The third-order valence-corrected chi connectivity index (χ3v) is 3.88. The summed E-state index contributed by atoms with van der Waals surface area (Å²) in [5.74, 6) is -1.68. The van der Waals surface area contributed by atoms with Gasteiger partial charge in [0.25, 0.3) is 0 Å². The second-order valence-corrected chi connectivity index (χ2v) is 5.57. The van der Waals surface area contributed by atoms with Crippen molar-refractivity contribution in [1.29, 1.82) is 0 Å². The highest BCUT2D eigenvalue weighted by atomic mass is 19.2. The molecule has 0 amide bonds. The highest BCUT2D eigenvalue weighted by molar-refractivity contribution is 5.22. The molecule has 3 nitrogen and oxygen atoms in total. The second kappa shape index (κ2) is 6.50. The lowest BCUT2D eigenvalue weighted by atomic mass is 10.0. The third kappa shape index (κ3) is 3.31. The number of nitrogens with zero attached hydrogens (tertiary/aromatic N) is 1. The van der Waals surface area contributed by atoms with E-state index in [1.807, 2.05) is 25.3 Å². The molecule has 1 fully saturated rings. The number of hydrogen-bond donors (Lipinski definition) is 1. The molecule has 1 aliphatic heterocycles. The first-order chi connectivity index (χ1) is 10.6. The largest absolute Gasteiger partial charge is 0.372 e. The van der Waals surface area contributed by atoms with E-state index in [0.717, 1.165) is 23.7 Å². The summed E-state index contributed by atoms with van der Waals surface area (Å²) in [6.45, 7) is 3.21. The molecular weight excluding hydrogens is 286 g/mol. The van der Waals surface area contributed by atoms with Crippen LogP contribution in [0.1, 0.15) is 29.3 Å². The molecule has 1 saturated heterocycles. The second-order valence-electron chi connectivity index (χ2n) is 5.57. The fourth-order valence-corrected chi connectivity index (χ4v) is 2.66. The van der Waals surface area contributed by atoms with Crippen molar-refractivity contribution in [2.24, 2.45) is 0 Å². The molecule has 2 aromatic rings. The normalized spacial score (nSPS) is 21.2. The minimum Gasteiger partial charge on any atom is -0.372 e. The first kappa shape index (κ1) is 15.1. The SMILES string of the molecule is Cc1ccc(CN[C@@H]2CCO[C@H]2c2ccc(F)c(F)c2)nc1. The van der Waals surface area contributed by atoms with Gasteiger partial charge in [0.05, 0.1) is 11.8 Å². The molecule has 2 heterocycles. The average molecular weight is 304 g/mol. The molecule has 0 unspecified atom stereocenters. The molecule has 116 valence electrons. The van der Waals surface area contributed by atoms with Crippen molar-refractivity contribution in [1.82, 2.24) is 10.3 Å². The van der Waals surface area contributed by atoms with Gasteiger partial charge in [0.1, 0.15) is 0 Å². The molecule has 1 aliphatic rings. The van der Waals surface area contributed by atoms with E-state index in [0.29, 0.717) is 18.7 Å². The van der Waals surface area contributed by atoms with Gasteiger partial charge in [0, 0.05) is 25.4 Å². The minimum atomic E-state index is -0.841. The van der Waals surface area contributed by atoms with Crippen molar-refractivity contribution in [2.45, 2.75) is 32.0 Å². The molecule has 0 radical (unpaired) electrons. The van der Waals surface area contributed by atoms with Gasteiger partial charge in [-0.15, -0.1) is 0 Å². The van der Waals surface area contributed by atoms with Gasteiger partial charge in [-0.3, -0.25) is 4.98 Å². The van der Waals surface area contributed by atoms with Crippen LogP contribution >= 0.6 is 0 Å². The summed E-state index contributed by atoms with van der Waals surface area (Å²) in [5, 5.41) is 3.40. The first-order valence-corrected chi connectivity index (χ1v) is 7.35. The Bertz CT molecular complexity index is 646. The van der Waals surface area contributed by atoms with Crippen LogP contribution in [-0.2, 0) is 11.3 Å². The van der Waals surface area contributed by atoms with Crippen LogP contribution in [0.5, 0.6) is 0 Å². The van der Waals surface area contributed by atoms with Crippen LogP contribution < -0.4 is 5.32 Å². The highest BCUT2D eigenvalue weighted by Crippen LogP contribution is 2.30. The number of aromatic nitrogens is 1. The third-order valence-electron chi connectivity index (χ3n) is 3.88. The molecule has 22 heavy (non-hydrogen) atoms. The maximum absolute atomic E-state index is 13.4. The molecule has 5 heteroatoms. The van der Waals surface area contributed by atoms with Gasteiger partial charge in [0.15, 0.2) is 11.6 Å². The Kier molecular flexibility index (Phi) is 4.45. The number of ether oxygens (including phenoxy) is 1. The smallest absolute Gasteiger partial charge is 0.159 e. The van der Waals surface area contributed by atoms with Crippen LogP contribution in [0, 0.1) is 18.6 Å². The van der Waals surface area contributed by atoms with Crippen molar-refractivity contribution < 1.29 is 13.5 Å². The lowest BCUT2D eigenvalue weighted by Crippen LogP contribution is -2.31. The molecule has 0 spiro atoms. The van der Waals surface area contributed by atoms with Crippen molar-refractivity contribution in [2.75, 3.05) is 6.61 Å². The lowest BCUT2D eigenvalue weighted by Gasteiger charge is -2.20. The number of pyridine rings is 1. The molecule has 1 aromatic carbocycles. The van der Waals surface area contributed by atoms with E-state index in [2.05, 4.69) is 10.3 Å². The van der Waals surface area contributed by atoms with Crippen molar-refractivity contribution >= 4 is 0 Å². The van der Waals surface area contributed by atoms with Crippen molar-refractivity contribution in [3.8, 4) is 0 Å². The Morgan fingerprint density at radius 1 is 1.23 bits per heavy atom. The number of aryl methyl sites for hydroxylation is 1. The van der Waals surface area contributed by atoms with Gasteiger partial charge in [-0.25, -0.2) is 8.78 Å². The van der Waals surface area contributed by atoms with Crippen LogP contribution in [0.2, 0.25) is 0 Å². The van der Waals surface area contributed by atoms with Gasteiger partial charge in [-0.1, -0.05) is 12.1 Å². The molecule has 1 aromatic heterocycles. The van der Waals surface area contributed by atoms with E-state index in [1.165, 1.54) is 6.07 Å². The summed E-state index contributed by atoms with van der Waals surface area (Å²) >= 11 is 0. The van der Waals surface area contributed by atoms with Crippen LogP contribution in [0.15, 0.2) is 36.5 Å². The quantitative estimate of drug-likeness (QED) is 0.941. The number of hydrogen-bond acceptors (Lipinski definition) is 3. The zero-order valence-corrected chi connectivity index (χ0v) is 12.4. The van der Waals surface area contributed by atoms with Crippen LogP contribution in [0.25, 0.3) is 0 Å². The number of nitrogens with one attached hydrogen (secondary N) is 1. The van der Waals surface area contributed by atoms with Crippen LogP contribution in [-0.4, -0.2) is 17.6 Å². The minimum absolute atomic E-state index is 0.0629. The predicted octanol–water partition coefficient (Wildman–Crippen LogP) is 3.29. The van der Waals surface area contributed by atoms with E-state index in [-0.39, 0.29) is 12.1 Å². The molecule has 2 atom stereocenters. The van der Waals surface area contributed by atoms with E-state index < -0.39 is 11.6 Å². The number of benzene rings is 1. The Balaban J connectivity index is 1.67.